The fourth-order valence-corrected chi connectivity index (χ4v) is 1.98. The van der Waals surface area contributed by atoms with Crippen LogP contribution in [0.4, 0.5) is 4.39 Å². The molecule has 0 aliphatic carbocycles. The summed E-state index contributed by atoms with van der Waals surface area (Å²) in [5.41, 5.74) is 6.17. The van der Waals surface area contributed by atoms with E-state index in [9.17, 15) is 9.18 Å². The highest BCUT2D eigenvalue weighted by Gasteiger charge is 2.15. The average Bonchev–Trinajstić information content (AvgIpc) is 2.46. The number of halogens is 2. The van der Waals surface area contributed by atoms with Crippen LogP contribution in [0.3, 0.4) is 0 Å². The minimum atomic E-state index is -1.13. The van der Waals surface area contributed by atoms with Crippen LogP contribution >= 0.6 is 11.6 Å². The first-order chi connectivity index (χ1) is 9.99. The summed E-state index contributed by atoms with van der Waals surface area (Å²) in [6.45, 7) is -0.0583. The molecule has 0 unspecified atom stereocenters. The SMILES string of the molecule is N[C@H](C(=O)O)c1cccc(OCc2c(F)cccc2Cl)c1. The molecule has 0 aliphatic heterocycles. The van der Waals surface area contributed by atoms with Crippen LogP contribution in [0.1, 0.15) is 17.2 Å². The third kappa shape index (κ3) is 3.71. The first kappa shape index (κ1) is 15.3. The number of benzene rings is 2. The predicted molar refractivity (Wildman–Crippen MR) is 76.7 cm³/mol. The maximum atomic E-state index is 13.6. The zero-order chi connectivity index (χ0) is 15.4. The Bertz CT molecular complexity index is 643. The molecule has 6 heteroatoms. The number of hydrogen-bond acceptors (Lipinski definition) is 3. The van der Waals surface area contributed by atoms with Crippen molar-refractivity contribution in [2.75, 3.05) is 0 Å². The van der Waals surface area contributed by atoms with E-state index in [-0.39, 0.29) is 17.2 Å². The van der Waals surface area contributed by atoms with Crippen molar-refractivity contribution < 1.29 is 19.0 Å². The van der Waals surface area contributed by atoms with Crippen molar-refractivity contribution in [2.45, 2.75) is 12.6 Å². The van der Waals surface area contributed by atoms with Gasteiger partial charge in [-0.3, -0.25) is 4.79 Å². The smallest absolute Gasteiger partial charge is 0.325 e. The Morgan fingerprint density at radius 1 is 1.33 bits per heavy atom. The van der Waals surface area contributed by atoms with Gasteiger partial charge in [0, 0.05) is 5.56 Å². The lowest BCUT2D eigenvalue weighted by Gasteiger charge is -2.11. The van der Waals surface area contributed by atoms with Crippen molar-refractivity contribution >= 4 is 17.6 Å². The number of hydrogen-bond donors (Lipinski definition) is 2. The van der Waals surface area contributed by atoms with Crippen LogP contribution < -0.4 is 10.5 Å². The van der Waals surface area contributed by atoms with E-state index in [0.717, 1.165) is 0 Å². The lowest BCUT2D eigenvalue weighted by atomic mass is 10.1. The van der Waals surface area contributed by atoms with E-state index in [1.54, 1.807) is 24.3 Å². The van der Waals surface area contributed by atoms with Crippen LogP contribution in [0.15, 0.2) is 42.5 Å². The zero-order valence-electron chi connectivity index (χ0n) is 10.9. The quantitative estimate of drug-likeness (QED) is 0.890. The Labute approximate surface area is 125 Å². The van der Waals surface area contributed by atoms with E-state index in [0.29, 0.717) is 11.3 Å². The van der Waals surface area contributed by atoms with E-state index < -0.39 is 17.8 Å². The number of aliphatic carboxylic acids is 1. The monoisotopic (exact) mass is 309 g/mol. The standard InChI is InChI=1S/C15H13ClFNO3/c16-12-5-2-6-13(17)11(12)8-21-10-4-1-3-9(7-10)14(18)15(19)20/h1-7,14H,8,18H2,(H,19,20)/t14-/m0/s1. The summed E-state index contributed by atoms with van der Waals surface area (Å²) in [4.78, 5) is 10.8. The summed E-state index contributed by atoms with van der Waals surface area (Å²) in [5.74, 6) is -1.20. The van der Waals surface area contributed by atoms with Crippen molar-refractivity contribution in [3.8, 4) is 5.75 Å². The molecule has 2 aromatic carbocycles. The van der Waals surface area contributed by atoms with Gasteiger partial charge in [-0.1, -0.05) is 29.8 Å². The molecule has 0 fully saturated rings. The van der Waals surface area contributed by atoms with E-state index in [2.05, 4.69) is 0 Å². The van der Waals surface area contributed by atoms with Crippen LogP contribution in [0.2, 0.25) is 5.02 Å². The lowest BCUT2D eigenvalue weighted by Crippen LogP contribution is -2.20. The van der Waals surface area contributed by atoms with Gasteiger partial charge in [0.25, 0.3) is 0 Å². The first-order valence-corrected chi connectivity index (χ1v) is 6.51. The Balaban J connectivity index is 2.14. The third-order valence-electron chi connectivity index (χ3n) is 2.93. The number of carboxylic acids is 1. The fourth-order valence-electron chi connectivity index (χ4n) is 1.77. The minimum Gasteiger partial charge on any atom is -0.489 e. The second kappa shape index (κ2) is 6.56. The number of nitrogens with two attached hydrogens (primary N) is 1. The molecule has 110 valence electrons. The fraction of sp³-hybridized carbons (Fsp3) is 0.133. The van der Waals surface area contributed by atoms with Gasteiger partial charge in [0.1, 0.15) is 24.2 Å². The maximum Gasteiger partial charge on any atom is 0.325 e. The Morgan fingerprint density at radius 2 is 2.05 bits per heavy atom. The molecule has 0 aromatic heterocycles. The van der Waals surface area contributed by atoms with Crippen LogP contribution in [0.25, 0.3) is 0 Å². The van der Waals surface area contributed by atoms with Gasteiger partial charge in [0.05, 0.1) is 5.02 Å². The van der Waals surface area contributed by atoms with Crippen molar-refractivity contribution in [1.29, 1.82) is 0 Å². The van der Waals surface area contributed by atoms with Crippen molar-refractivity contribution in [1.82, 2.24) is 0 Å². The van der Waals surface area contributed by atoms with Crippen molar-refractivity contribution in [2.24, 2.45) is 5.73 Å². The summed E-state index contributed by atoms with van der Waals surface area (Å²) in [5, 5.41) is 9.15. The van der Waals surface area contributed by atoms with Gasteiger partial charge in [0.15, 0.2) is 0 Å². The Kier molecular flexibility index (Phi) is 4.77. The highest BCUT2D eigenvalue weighted by Crippen LogP contribution is 2.23. The lowest BCUT2D eigenvalue weighted by molar-refractivity contribution is -0.138. The molecule has 0 saturated heterocycles. The van der Waals surface area contributed by atoms with Gasteiger partial charge in [0.2, 0.25) is 0 Å². The number of ether oxygens (including phenoxy) is 1. The molecule has 0 spiro atoms. The van der Waals surface area contributed by atoms with Crippen LogP contribution in [0, 0.1) is 5.82 Å². The molecular weight excluding hydrogens is 297 g/mol. The third-order valence-corrected chi connectivity index (χ3v) is 3.28. The molecule has 0 bridgehead atoms. The van der Waals surface area contributed by atoms with Gasteiger partial charge in [-0.05, 0) is 29.8 Å². The maximum absolute atomic E-state index is 13.6. The summed E-state index contributed by atoms with van der Waals surface area (Å²) in [6, 6.07) is 9.58. The Morgan fingerprint density at radius 3 is 2.71 bits per heavy atom. The normalized spacial score (nSPS) is 12.0. The number of carbonyl (C=O) groups is 1. The molecular formula is C15H13ClFNO3. The predicted octanol–water partition coefficient (Wildman–Crippen LogP) is 3.14. The summed E-state index contributed by atoms with van der Waals surface area (Å²) < 4.78 is 19.1. The minimum absolute atomic E-state index is 0.0583. The molecule has 2 rings (SSSR count). The Hall–Kier alpha value is -2.11. The van der Waals surface area contributed by atoms with Gasteiger partial charge in [-0.2, -0.15) is 0 Å². The molecule has 0 aliphatic rings. The summed E-state index contributed by atoms with van der Waals surface area (Å²) >= 11 is 5.90. The van der Waals surface area contributed by atoms with Gasteiger partial charge in [-0.25, -0.2) is 4.39 Å². The topological polar surface area (TPSA) is 72.6 Å². The van der Waals surface area contributed by atoms with E-state index in [1.165, 1.54) is 18.2 Å². The largest absolute Gasteiger partial charge is 0.489 e. The summed E-state index contributed by atoms with van der Waals surface area (Å²) in [7, 11) is 0. The molecule has 1 atom stereocenters. The molecule has 3 N–H and O–H groups in total. The van der Waals surface area contributed by atoms with Crippen LogP contribution in [-0.2, 0) is 11.4 Å². The molecule has 0 radical (unpaired) electrons. The van der Waals surface area contributed by atoms with E-state index in [4.69, 9.17) is 27.2 Å². The van der Waals surface area contributed by atoms with Gasteiger partial charge in [-0.15, -0.1) is 0 Å². The van der Waals surface area contributed by atoms with Crippen LogP contribution in [0.5, 0.6) is 5.75 Å². The number of carboxylic acid groups (broad SMARTS) is 1. The highest BCUT2D eigenvalue weighted by atomic mass is 35.5. The average molecular weight is 310 g/mol. The zero-order valence-corrected chi connectivity index (χ0v) is 11.7. The molecule has 21 heavy (non-hydrogen) atoms. The first-order valence-electron chi connectivity index (χ1n) is 6.13. The second-order valence-electron chi connectivity index (χ2n) is 4.38. The molecule has 0 amide bonds. The van der Waals surface area contributed by atoms with Gasteiger partial charge < -0.3 is 15.6 Å². The van der Waals surface area contributed by atoms with Gasteiger partial charge >= 0.3 is 5.97 Å². The molecule has 0 heterocycles. The number of rotatable bonds is 5. The van der Waals surface area contributed by atoms with E-state index in [1.807, 2.05) is 0 Å². The van der Waals surface area contributed by atoms with Crippen molar-refractivity contribution in [3.05, 3.63) is 64.4 Å². The van der Waals surface area contributed by atoms with E-state index >= 15 is 0 Å². The van der Waals surface area contributed by atoms with Crippen LogP contribution in [-0.4, -0.2) is 11.1 Å². The second-order valence-corrected chi connectivity index (χ2v) is 4.78. The summed E-state index contributed by atoms with van der Waals surface area (Å²) in [6.07, 6.45) is 0. The molecule has 4 nitrogen and oxygen atoms in total. The highest BCUT2D eigenvalue weighted by molar-refractivity contribution is 6.31. The van der Waals surface area contributed by atoms with Crippen molar-refractivity contribution in [3.63, 3.8) is 0 Å². The molecule has 0 saturated carbocycles. The molecule has 2 aromatic rings.